The molecule has 66 valence electrons. The largest absolute Gasteiger partial charge is 0.308 e. The summed E-state index contributed by atoms with van der Waals surface area (Å²) in [6.07, 6.45) is 5.85. The lowest BCUT2D eigenvalue weighted by Crippen LogP contribution is -2.24. The van der Waals surface area contributed by atoms with E-state index in [1.807, 2.05) is 0 Å². The van der Waals surface area contributed by atoms with Crippen molar-refractivity contribution in [3.8, 4) is 0 Å². The summed E-state index contributed by atoms with van der Waals surface area (Å²) in [6.45, 7) is 8.68. The van der Waals surface area contributed by atoms with Gasteiger partial charge in [-0.1, -0.05) is 32.9 Å². The molecule has 12 heavy (non-hydrogen) atoms. The molecule has 0 amide bonds. The second kappa shape index (κ2) is 2.89. The Balaban J connectivity index is 3.10. The summed E-state index contributed by atoms with van der Waals surface area (Å²) in [5.41, 5.74) is 2.60. The highest BCUT2D eigenvalue weighted by molar-refractivity contribution is 5.79. The third-order valence-electron chi connectivity index (χ3n) is 2.96. The summed E-state index contributed by atoms with van der Waals surface area (Å²) in [5, 5.41) is 7.32. The molecule has 1 aliphatic carbocycles. The zero-order valence-corrected chi connectivity index (χ0v) is 8.31. The monoisotopic (exact) mass is 163 g/mol. The lowest BCUT2D eigenvalue weighted by atomic mass is 9.71. The van der Waals surface area contributed by atoms with Crippen molar-refractivity contribution >= 4 is 6.21 Å². The zero-order chi connectivity index (χ0) is 9.35. The average Bonchev–Trinajstić information content (AvgIpc) is 2.00. The molecule has 1 aliphatic rings. The molecular weight excluding hydrogens is 146 g/mol. The van der Waals surface area contributed by atoms with Crippen molar-refractivity contribution in [3.05, 3.63) is 23.3 Å². The van der Waals surface area contributed by atoms with Crippen molar-refractivity contribution in [2.75, 3.05) is 0 Å². The van der Waals surface area contributed by atoms with Gasteiger partial charge in [-0.05, 0) is 29.4 Å². The van der Waals surface area contributed by atoms with Gasteiger partial charge in [-0.3, -0.25) is 0 Å². The van der Waals surface area contributed by atoms with Crippen LogP contribution in [0, 0.1) is 16.7 Å². The van der Waals surface area contributed by atoms with E-state index in [9.17, 15) is 0 Å². The van der Waals surface area contributed by atoms with Gasteiger partial charge in [0.25, 0.3) is 0 Å². The van der Waals surface area contributed by atoms with E-state index in [1.165, 1.54) is 17.4 Å². The summed E-state index contributed by atoms with van der Waals surface area (Å²) in [4.78, 5) is 0. The minimum Gasteiger partial charge on any atom is -0.308 e. The van der Waals surface area contributed by atoms with E-state index in [2.05, 4.69) is 39.8 Å². The Morgan fingerprint density at radius 3 is 2.50 bits per heavy atom. The van der Waals surface area contributed by atoms with Gasteiger partial charge in [0.1, 0.15) is 0 Å². The Morgan fingerprint density at radius 2 is 2.08 bits per heavy atom. The molecule has 1 unspecified atom stereocenters. The van der Waals surface area contributed by atoms with E-state index in [4.69, 9.17) is 5.41 Å². The van der Waals surface area contributed by atoms with Crippen molar-refractivity contribution in [2.45, 2.75) is 27.7 Å². The van der Waals surface area contributed by atoms with Crippen LogP contribution >= 0.6 is 0 Å². The Kier molecular flexibility index (Phi) is 2.22. The van der Waals surface area contributed by atoms with Crippen molar-refractivity contribution in [1.82, 2.24) is 0 Å². The second-order valence-electron chi connectivity index (χ2n) is 4.16. The number of rotatable bonds is 1. The van der Waals surface area contributed by atoms with Crippen LogP contribution in [0.15, 0.2) is 23.3 Å². The Hall–Kier alpha value is -0.850. The summed E-state index contributed by atoms with van der Waals surface area (Å²) >= 11 is 0. The minimum atomic E-state index is 0.201. The fourth-order valence-electron chi connectivity index (χ4n) is 1.56. The maximum absolute atomic E-state index is 7.32. The quantitative estimate of drug-likeness (QED) is 0.574. The number of hydrogen-bond donors (Lipinski definition) is 1. The maximum atomic E-state index is 7.32. The highest BCUT2D eigenvalue weighted by Gasteiger charge is 2.28. The van der Waals surface area contributed by atoms with Gasteiger partial charge in [-0.15, -0.1) is 0 Å². The van der Waals surface area contributed by atoms with Crippen molar-refractivity contribution in [3.63, 3.8) is 0 Å². The van der Waals surface area contributed by atoms with E-state index in [1.54, 1.807) is 0 Å². The molecule has 0 radical (unpaired) electrons. The predicted molar refractivity (Wildman–Crippen MR) is 53.6 cm³/mol. The molecule has 0 spiro atoms. The fraction of sp³-hybridized carbons (Fsp3) is 0.545. The first-order chi connectivity index (χ1) is 5.49. The van der Waals surface area contributed by atoms with Crippen LogP contribution in [0.2, 0.25) is 0 Å². The topological polar surface area (TPSA) is 23.9 Å². The zero-order valence-electron chi connectivity index (χ0n) is 8.31. The van der Waals surface area contributed by atoms with Gasteiger partial charge in [0, 0.05) is 6.21 Å². The van der Waals surface area contributed by atoms with Gasteiger partial charge >= 0.3 is 0 Å². The molecule has 1 rings (SSSR count). The molecule has 1 atom stereocenters. The van der Waals surface area contributed by atoms with Gasteiger partial charge in [0.2, 0.25) is 0 Å². The summed E-state index contributed by atoms with van der Waals surface area (Å²) < 4.78 is 0. The number of nitrogens with one attached hydrogen (secondary N) is 1. The predicted octanol–water partition coefficient (Wildman–Crippen LogP) is 3.18. The standard InChI is InChI=1S/C11H17N/c1-8-5-6-11(3,4)9(2)10(8)7-12/h5-7,9,12H,1-4H3. The highest BCUT2D eigenvalue weighted by Crippen LogP contribution is 2.37. The van der Waals surface area contributed by atoms with Crippen LogP contribution in [-0.2, 0) is 0 Å². The van der Waals surface area contributed by atoms with Crippen LogP contribution in [0.25, 0.3) is 0 Å². The van der Waals surface area contributed by atoms with Crippen LogP contribution in [-0.4, -0.2) is 6.21 Å². The minimum absolute atomic E-state index is 0.201. The molecule has 0 heterocycles. The summed E-state index contributed by atoms with van der Waals surface area (Å²) in [6, 6.07) is 0. The first kappa shape index (κ1) is 9.24. The van der Waals surface area contributed by atoms with Crippen molar-refractivity contribution < 1.29 is 0 Å². The van der Waals surface area contributed by atoms with Crippen LogP contribution in [0.4, 0.5) is 0 Å². The van der Waals surface area contributed by atoms with Crippen LogP contribution in [0.5, 0.6) is 0 Å². The van der Waals surface area contributed by atoms with Gasteiger partial charge in [0.15, 0.2) is 0 Å². The molecule has 0 aromatic heterocycles. The molecular formula is C11H17N. The van der Waals surface area contributed by atoms with Gasteiger partial charge in [-0.2, -0.15) is 0 Å². The number of hydrogen-bond acceptors (Lipinski definition) is 1. The lowest BCUT2D eigenvalue weighted by molar-refractivity contribution is 0.354. The molecule has 0 aliphatic heterocycles. The molecule has 0 aromatic rings. The fourth-order valence-corrected chi connectivity index (χ4v) is 1.56. The van der Waals surface area contributed by atoms with Crippen molar-refractivity contribution in [2.24, 2.45) is 11.3 Å². The van der Waals surface area contributed by atoms with Gasteiger partial charge < -0.3 is 5.41 Å². The van der Waals surface area contributed by atoms with E-state index < -0.39 is 0 Å². The summed E-state index contributed by atoms with van der Waals surface area (Å²) in [5.74, 6) is 0.458. The third-order valence-corrected chi connectivity index (χ3v) is 2.96. The van der Waals surface area contributed by atoms with Gasteiger partial charge in [-0.25, -0.2) is 0 Å². The Labute approximate surface area is 74.7 Å². The third kappa shape index (κ3) is 1.36. The highest BCUT2D eigenvalue weighted by atomic mass is 14.4. The Bertz CT molecular complexity index is 256. The maximum Gasteiger partial charge on any atom is 0.0215 e. The lowest BCUT2D eigenvalue weighted by Gasteiger charge is -2.33. The van der Waals surface area contributed by atoms with E-state index in [0.29, 0.717) is 5.92 Å². The SMILES string of the molecule is CC1=C(C=N)C(C)C(C)(C)C=C1. The van der Waals surface area contributed by atoms with Gasteiger partial charge in [0.05, 0.1) is 0 Å². The molecule has 0 fully saturated rings. The molecule has 0 bridgehead atoms. The molecule has 1 N–H and O–H groups in total. The molecule has 0 saturated carbocycles. The normalized spacial score (nSPS) is 27.5. The Morgan fingerprint density at radius 1 is 1.50 bits per heavy atom. The molecule has 0 saturated heterocycles. The van der Waals surface area contributed by atoms with Crippen LogP contribution in [0.1, 0.15) is 27.7 Å². The van der Waals surface area contributed by atoms with Crippen LogP contribution in [0.3, 0.4) is 0 Å². The molecule has 0 aromatic carbocycles. The van der Waals surface area contributed by atoms with E-state index >= 15 is 0 Å². The second-order valence-corrected chi connectivity index (χ2v) is 4.16. The average molecular weight is 163 g/mol. The first-order valence-corrected chi connectivity index (χ1v) is 4.39. The van der Waals surface area contributed by atoms with E-state index in [-0.39, 0.29) is 5.41 Å². The molecule has 1 heteroatoms. The smallest absolute Gasteiger partial charge is 0.0215 e. The first-order valence-electron chi connectivity index (χ1n) is 4.39. The van der Waals surface area contributed by atoms with Crippen molar-refractivity contribution in [1.29, 1.82) is 5.41 Å². The number of allylic oxidation sites excluding steroid dienone is 4. The van der Waals surface area contributed by atoms with E-state index in [0.717, 1.165) is 0 Å². The molecule has 1 nitrogen and oxygen atoms in total. The van der Waals surface area contributed by atoms with Crippen LogP contribution < -0.4 is 0 Å². The summed E-state index contributed by atoms with van der Waals surface area (Å²) in [7, 11) is 0.